The molecule has 0 saturated heterocycles. The van der Waals surface area contributed by atoms with Gasteiger partial charge >= 0.3 is 5.97 Å². The second-order valence-corrected chi connectivity index (χ2v) is 5.22. The molecule has 0 radical (unpaired) electrons. The van der Waals surface area contributed by atoms with Crippen LogP contribution in [0.15, 0.2) is 0 Å². The van der Waals surface area contributed by atoms with Gasteiger partial charge in [-0.2, -0.15) is 0 Å². The average Bonchev–Trinajstić information content (AvgIpc) is 2.57. The zero-order valence-electron chi connectivity index (χ0n) is 9.91. The molecule has 0 unspecified atom stereocenters. The molecule has 0 saturated carbocycles. The Kier molecular flexibility index (Phi) is 4.89. The van der Waals surface area contributed by atoms with E-state index in [1.54, 1.807) is 0 Å². The molecule has 5 heteroatoms. The highest BCUT2D eigenvalue weighted by Gasteiger charge is 2.17. The number of carboxylic acids is 1. The molecule has 1 rings (SSSR count). The summed E-state index contributed by atoms with van der Waals surface area (Å²) in [5.41, 5.74) is 0.735. The fourth-order valence-corrected chi connectivity index (χ4v) is 2.36. The quantitative estimate of drug-likeness (QED) is 0.798. The van der Waals surface area contributed by atoms with Crippen LogP contribution in [0.3, 0.4) is 0 Å². The van der Waals surface area contributed by atoms with Crippen molar-refractivity contribution < 1.29 is 9.90 Å². The lowest BCUT2D eigenvalue weighted by molar-refractivity contribution is 0.0700. The summed E-state index contributed by atoms with van der Waals surface area (Å²) in [5, 5.41) is 13.0. The molecule has 2 N–H and O–H groups in total. The van der Waals surface area contributed by atoms with Crippen molar-refractivity contribution in [3.8, 4) is 0 Å². The summed E-state index contributed by atoms with van der Waals surface area (Å²) >= 11 is 1.30. The van der Waals surface area contributed by atoms with Crippen LogP contribution >= 0.6 is 11.3 Å². The Balaban J connectivity index is 2.86. The second-order valence-electron chi connectivity index (χ2n) is 4.14. The molecule has 0 amide bonds. The molecule has 1 aromatic heterocycles. The summed E-state index contributed by atoms with van der Waals surface area (Å²) in [7, 11) is 1.88. The molecule has 0 aromatic carbocycles. The van der Waals surface area contributed by atoms with Crippen molar-refractivity contribution in [2.75, 3.05) is 13.6 Å². The first-order valence-electron chi connectivity index (χ1n) is 5.41. The Hall–Kier alpha value is -0.940. The van der Waals surface area contributed by atoms with E-state index in [0.717, 1.165) is 30.1 Å². The SMILES string of the molecule is CNCCc1nc(CC(C)C)c(C(=O)O)s1. The Bertz CT molecular complexity index is 361. The van der Waals surface area contributed by atoms with Crippen molar-refractivity contribution in [3.63, 3.8) is 0 Å². The minimum absolute atomic E-state index is 0.403. The monoisotopic (exact) mass is 242 g/mol. The smallest absolute Gasteiger partial charge is 0.347 e. The van der Waals surface area contributed by atoms with E-state index in [2.05, 4.69) is 24.1 Å². The third kappa shape index (κ3) is 3.57. The van der Waals surface area contributed by atoms with Crippen LogP contribution in [0.5, 0.6) is 0 Å². The summed E-state index contributed by atoms with van der Waals surface area (Å²) in [4.78, 5) is 15.9. The minimum atomic E-state index is -0.858. The molecule has 0 spiro atoms. The van der Waals surface area contributed by atoms with Gasteiger partial charge in [0.2, 0.25) is 0 Å². The lowest BCUT2D eigenvalue weighted by Gasteiger charge is -2.01. The molecule has 0 aliphatic carbocycles. The number of thiazole rings is 1. The van der Waals surface area contributed by atoms with Gasteiger partial charge in [-0.3, -0.25) is 0 Å². The molecule has 0 fully saturated rings. The third-order valence-corrected chi connectivity index (χ3v) is 3.27. The number of carboxylic acid groups (broad SMARTS) is 1. The number of likely N-dealkylation sites (N-methyl/N-ethyl adjacent to an activating group) is 1. The molecule has 4 nitrogen and oxygen atoms in total. The van der Waals surface area contributed by atoms with Gasteiger partial charge in [0.1, 0.15) is 4.88 Å². The normalized spacial score (nSPS) is 11.0. The van der Waals surface area contributed by atoms with Crippen LogP contribution in [-0.2, 0) is 12.8 Å². The first-order chi connectivity index (χ1) is 7.54. The van der Waals surface area contributed by atoms with Crippen LogP contribution in [0.1, 0.15) is 34.2 Å². The van der Waals surface area contributed by atoms with Crippen LogP contribution in [0.2, 0.25) is 0 Å². The highest BCUT2D eigenvalue weighted by Crippen LogP contribution is 2.21. The molecule has 0 aliphatic rings. The lowest BCUT2D eigenvalue weighted by Crippen LogP contribution is -2.10. The number of aromatic nitrogens is 1. The van der Waals surface area contributed by atoms with Crippen LogP contribution in [0.25, 0.3) is 0 Å². The highest BCUT2D eigenvalue weighted by molar-refractivity contribution is 7.13. The maximum atomic E-state index is 11.0. The van der Waals surface area contributed by atoms with E-state index in [-0.39, 0.29) is 0 Å². The predicted molar refractivity (Wildman–Crippen MR) is 65.2 cm³/mol. The van der Waals surface area contributed by atoms with E-state index >= 15 is 0 Å². The summed E-state index contributed by atoms with van der Waals surface area (Å²) in [6, 6.07) is 0. The fourth-order valence-electron chi connectivity index (χ4n) is 1.43. The Morgan fingerprint density at radius 2 is 2.25 bits per heavy atom. The minimum Gasteiger partial charge on any atom is -0.477 e. The van der Waals surface area contributed by atoms with Gasteiger partial charge in [-0.05, 0) is 19.4 Å². The standard InChI is InChI=1S/C11H18N2O2S/c1-7(2)6-8-10(11(14)15)16-9(13-8)4-5-12-3/h7,12H,4-6H2,1-3H3,(H,14,15). The molecular formula is C11H18N2O2S. The molecule has 1 heterocycles. The number of carbonyl (C=O) groups is 1. The Labute approximate surface area is 99.7 Å². The summed E-state index contributed by atoms with van der Waals surface area (Å²) in [6.45, 7) is 4.96. The predicted octanol–water partition coefficient (Wildman–Crippen LogP) is 1.80. The van der Waals surface area contributed by atoms with Crippen molar-refractivity contribution in [1.82, 2.24) is 10.3 Å². The van der Waals surface area contributed by atoms with E-state index in [4.69, 9.17) is 5.11 Å². The first-order valence-corrected chi connectivity index (χ1v) is 6.22. The number of aromatic carboxylic acids is 1. The molecule has 0 aliphatic heterocycles. The number of rotatable bonds is 6. The van der Waals surface area contributed by atoms with E-state index in [1.165, 1.54) is 11.3 Å². The van der Waals surface area contributed by atoms with Crippen LogP contribution in [0.4, 0.5) is 0 Å². The molecule has 0 atom stereocenters. The largest absolute Gasteiger partial charge is 0.477 e. The van der Waals surface area contributed by atoms with Gasteiger partial charge in [-0.25, -0.2) is 9.78 Å². The van der Waals surface area contributed by atoms with Crippen molar-refractivity contribution in [2.24, 2.45) is 5.92 Å². The van der Waals surface area contributed by atoms with E-state index in [1.807, 2.05) is 7.05 Å². The number of hydrogen-bond donors (Lipinski definition) is 2. The Morgan fingerprint density at radius 3 is 2.75 bits per heavy atom. The zero-order valence-corrected chi connectivity index (χ0v) is 10.7. The van der Waals surface area contributed by atoms with E-state index in [0.29, 0.717) is 10.8 Å². The Morgan fingerprint density at radius 1 is 1.56 bits per heavy atom. The van der Waals surface area contributed by atoms with Gasteiger partial charge in [0.15, 0.2) is 0 Å². The third-order valence-electron chi connectivity index (χ3n) is 2.13. The summed E-state index contributed by atoms with van der Waals surface area (Å²) in [5.74, 6) is -0.429. The van der Waals surface area contributed by atoms with Crippen molar-refractivity contribution in [2.45, 2.75) is 26.7 Å². The van der Waals surface area contributed by atoms with Crippen LogP contribution in [0, 0.1) is 5.92 Å². The number of hydrogen-bond acceptors (Lipinski definition) is 4. The fraction of sp³-hybridized carbons (Fsp3) is 0.636. The van der Waals surface area contributed by atoms with E-state index in [9.17, 15) is 4.79 Å². The van der Waals surface area contributed by atoms with Crippen molar-refractivity contribution >= 4 is 17.3 Å². The molecule has 0 bridgehead atoms. The number of nitrogens with zero attached hydrogens (tertiary/aromatic N) is 1. The van der Waals surface area contributed by atoms with Gasteiger partial charge in [-0.1, -0.05) is 13.8 Å². The van der Waals surface area contributed by atoms with Crippen molar-refractivity contribution in [3.05, 3.63) is 15.6 Å². The summed E-state index contributed by atoms with van der Waals surface area (Å²) in [6.07, 6.45) is 1.53. The van der Waals surface area contributed by atoms with Crippen LogP contribution in [-0.4, -0.2) is 29.7 Å². The average molecular weight is 242 g/mol. The zero-order chi connectivity index (χ0) is 12.1. The van der Waals surface area contributed by atoms with E-state index < -0.39 is 5.97 Å². The maximum Gasteiger partial charge on any atom is 0.347 e. The van der Waals surface area contributed by atoms with Gasteiger partial charge < -0.3 is 10.4 Å². The molecule has 1 aromatic rings. The summed E-state index contributed by atoms with van der Waals surface area (Å²) < 4.78 is 0. The van der Waals surface area contributed by atoms with Gasteiger partial charge in [0.25, 0.3) is 0 Å². The number of nitrogens with one attached hydrogen (secondary N) is 1. The van der Waals surface area contributed by atoms with Gasteiger partial charge in [0, 0.05) is 13.0 Å². The van der Waals surface area contributed by atoms with Gasteiger partial charge in [-0.15, -0.1) is 11.3 Å². The first kappa shape index (κ1) is 13.1. The topological polar surface area (TPSA) is 62.2 Å². The van der Waals surface area contributed by atoms with Crippen LogP contribution < -0.4 is 5.32 Å². The van der Waals surface area contributed by atoms with Gasteiger partial charge in [0.05, 0.1) is 10.7 Å². The highest BCUT2D eigenvalue weighted by atomic mass is 32.1. The molecular weight excluding hydrogens is 224 g/mol. The molecule has 90 valence electrons. The van der Waals surface area contributed by atoms with Crippen molar-refractivity contribution in [1.29, 1.82) is 0 Å². The molecule has 16 heavy (non-hydrogen) atoms. The maximum absolute atomic E-state index is 11.0. The second kappa shape index (κ2) is 5.96. The lowest BCUT2D eigenvalue weighted by atomic mass is 10.1.